The number of hydrogen-bond donors (Lipinski definition) is 0. The van der Waals surface area contributed by atoms with Gasteiger partial charge in [-0.3, -0.25) is 0 Å². The van der Waals surface area contributed by atoms with Gasteiger partial charge < -0.3 is 9.09 Å². The van der Waals surface area contributed by atoms with Gasteiger partial charge in [-0.25, -0.2) is 5.10 Å². The van der Waals surface area contributed by atoms with Crippen molar-refractivity contribution in [3.8, 4) is 39.5 Å². The number of benzene rings is 5. The SMILES string of the molecule is [Ir].[c-]1conc1-c1nncn1-c1c(-c2cccc3ccccc23)cccc1-c1cccc2ccccc12. The van der Waals surface area contributed by atoms with E-state index in [1.807, 2.05) is 4.57 Å². The van der Waals surface area contributed by atoms with Crippen LogP contribution in [-0.2, 0) is 20.1 Å². The summed E-state index contributed by atoms with van der Waals surface area (Å²) in [6, 6.07) is 39.2. The van der Waals surface area contributed by atoms with Crippen LogP contribution in [-0.4, -0.2) is 19.9 Å². The Hall–Kier alpha value is -4.38. The van der Waals surface area contributed by atoms with Gasteiger partial charge in [0, 0.05) is 49.0 Å². The van der Waals surface area contributed by atoms with Gasteiger partial charge >= 0.3 is 0 Å². The normalized spacial score (nSPS) is 11.0. The van der Waals surface area contributed by atoms with Crippen molar-refractivity contribution >= 4 is 21.5 Å². The molecule has 0 aliphatic carbocycles. The maximum absolute atomic E-state index is 5.09. The molecule has 0 amide bonds. The number of fused-ring (bicyclic) bond motifs is 2. The maximum Gasteiger partial charge on any atom is 0.106 e. The Bertz CT molecular complexity index is 1750. The van der Waals surface area contributed by atoms with E-state index in [-0.39, 0.29) is 20.1 Å². The van der Waals surface area contributed by atoms with Gasteiger partial charge in [-0.1, -0.05) is 103 Å². The third kappa shape index (κ3) is 3.87. The van der Waals surface area contributed by atoms with Crippen LogP contribution in [0.25, 0.3) is 61.0 Å². The Morgan fingerprint density at radius 1 is 0.622 bits per heavy atom. The molecule has 0 spiro atoms. The summed E-state index contributed by atoms with van der Waals surface area (Å²) in [5, 5.41) is 17.5. The quantitative estimate of drug-likeness (QED) is 0.186. The fourth-order valence-corrected chi connectivity index (χ4v) is 5.01. The Balaban J connectivity index is 0.00000252. The Kier molecular flexibility index (Phi) is 5.97. The Morgan fingerprint density at radius 2 is 1.16 bits per heavy atom. The largest absolute Gasteiger partial charge is 0.387 e. The van der Waals surface area contributed by atoms with Gasteiger partial charge in [0.15, 0.2) is 0 Å². The van der Waals surface area contributed by atoms with Crippen molar-refractivity contribution in [1.82, 2.24) is 19.9 Å². The van der Waals surface area contributed by atoms with E-state index >= 15 is 0 Å². The molecular formula is C31H19IrN4O-. The molecule has 37 heavy (non-hydrogen) atoms. The van der Waals surface area contributed by atoms with E-state index in [0.29, 0.717) is 11.5 Å². The Morgan fingerprint density at radius 3 is 1.76 bits per heavy atom. The molecule has 1 radical (unpaired) electrons. The van der Waals surface area contributed by atoms with Crippen molar-refractivity contribution in [3.05, 3.63) is 122 Å². The standard InChI is InChI=1S/C31H19N4O.Ir/c1-3-12-23-21(8-1)10-5-14-25(23)27-16-7-17-28(26-15-6-11-22-9-2-4-13-24(22)26)30(27)35-20-32-33-31(35)29-18-19-36-34-29;/h1-17,19-20H;/q-1;. The summed E-state index contributed by atoms with van der Waals surface area (Å²) < 4.78 is 7.08. The van der Waals surface area contributed by atoms with Crippen LogP contribution in [0.1, 0.15) is 0 Å². The van der Waals surface area contributed by atoms with Crippen molar-refractivity contribution in [3.63, 3.8) is 0 Å². The average molecular weight is 656 g/mol. The van der Waals surface area contributed by atoms with E-state index in [4.69, 9.17) is 4.52 Å². The molecular weight excluding hydrogens is 637 g/mol. The van der Waals surface area contributed by atoms with Crippen LogP contribution in [0.5, 0.6) is 0 Å². The minimum Gasteiger partial charge on any atom is -0.387 e. The predicted octanol–water partition coefficient (Wildman–Crippen LogP) is 7.36. The van der Waals surface area contributed by atoms with Crippen LogP contribution in [0.2, 0.25) is 0 Å². The molecule has 5 nitrogen and oxygen atoms in total. The molecule has 0 fully saturated rings. The summed E-state index contributed by atoms with van der Waals surface area (Å²) in [5.41, 5.74) is 5.89. The molecule has 7 rings (SSSR count). The van der Waals surface area contributed by atoms with Gasteiger partial charge in [-0.2, -0.15) is 11.2 Å². The number of hydrogen-bond acceptors (Lipinski definition) is 4. The van der Waals surface area contributed by atoms with E-state index in [9.17, 15) is 0 Å². The summed E-state index contributed by atoms with van der Waals surface area (Å²) >= 11 is 0. The molecule has 5 aromatic carbocycles. The van der Waals surface area contributed by atoms with E-state index in [1.165, 1.54) is 27.8 Å². The summed E-state index contributed by atoms with van der Waals surface area (Å²) in [6.07, 6.45) is 3.16. The van der Waals surface area contributed by atoms with Crippen LogP contribution in [0.15, 0.2) is 120 Å². The minimum absolute atomic E-state index is 0. The zero-order valence-corrected chi connectivity index (χ0v) is 21.9. The van der Waals surface area contributed by atoms with Crippen molar-refractivity contribution in [1.29, 1.82) is 0 Å². The van der Waals surface area contributed by atoms with Crippen LogP contribution < -0.4 is 0 Å². The van der Waals surface area contributed by atoms with E-state index < -0.39 is 0 Å². The fraction of sp³-hybridized carbons (Fsp3) is 0. The van der Waals surface area contributed by atoms with Gasteiger partial charge in [0.05, 0.1) is 0 Å². The molecule has 0 aliphatic rings. The first-order chi connectivity index (χ1) is 17.9. The molecule has 6 heteroatoms. The number of para-hydroxylation sites is 1. The molecule has 2 heterocycles. The van der Waals surface area contributed by atoms with E-state index in [2.05, 4.69) is 125 Å². The molecule has 0 bridgehead atoms. The molecule has 0 saturated carbocycles. The predicted molar refractivity (Wildman–Crippen MR) is 142 cm³/mol. The van der Waals surface area contributed by atoms with Crippen LogP contribution in [0, 0.1) is 6.07 Å². The first kappa shape index (κ1) is 23.0. The fourth-order valence-electron chi connectivity index (χ4n) is 5.01. The van der Waals surface area contributed by atoms with E-state index in [0.717, 1.165) is 27.9 Å². The first-order valence-corrected chi connectivity index (χ1v) is 11.7. The topological polar surface area (TPSA) is 56.7 Å². The second-order valence-electron chi connectivity index (χ2n) is 8.59. The number of rotatable bonds is 4. The summed E-state index contributed by atoms with van der Waals surface area (Å²) in [7, 11) is 0. The van der Waals surface area contributed by atoms with Gasteiger partial charge in [0.25, 0.3) is 0 Å². The molecule has 0 unspecified atom stereocenters. The smallest absolute Gasteiger partial charge is 0.106 e. The minimum atomic E-state index is 0. The third-order valence-electron chi connectivity index (χ3n) is 6.59. The molecule has 0 N–H and O–H groups in total. The zero-order chi connectivity index (χ0) is 23.9. The van der Waals surface area contributed by atoms with Gasteiger partial charge in [-0.05, 0) is 38.4 Å². The molecule has 7 aromatic rings. The van der Waals surface area contributed by atoms with Gasteiger partial charge in [-0.15, -0.1) is 5.16 Å². The first-order valence-electron chi connectivity index (χ1n) is 11.7. The van der Waals surface area contributed by atoms with Crippen LogP contribution in [0.3, 0.4) is 0 Å². The second kappa shape index (κ2) is 9.58. The van der Waals surface area contributed by atoms with Crippen molar-refractivity contribution in [2.75, 3.05) is 0 Å². The molecule has 0 aliphatic heterocycles. The monoisotopic (exact) mass is 656 g/mol. The van der Waals surface area contributed by atoms with Crippen LogP contribution in [0.4, 0.5) is 0 Å². The van der Waals surface area contributed by atoms with Crippen molar-refractivity contribution < 1.29 is 24.6 Å². The summed E-state index contributed by atoms with van der Waals surface area (Å²) in [4.78, 5) is 0. The summed E-state index contributed by atoms with van der Waals surface area (Å²) in [5.74, 6) is 0.568. The van der Waals surface area contributed by atoms with E-state index in [1.54, 1.807) is 6.33 Å². The second-order valence-corrected chi connectivity index (χ2v) is 8.59. The van der Waals surface area contributed by atoms with Gasteiger partial charge in [0.1, 0.15) is 6.33 Å². The third-order valence-corrected chi connectivity index (χ3v) is 6.59. The molecule has 2 aromatic heterocycles. The van der Waals surface area contributed by atoms with Gasteiger partial charge in [0.2, 0.25) is 0 Å². The van der Waals surface area contributed by atoms with Crippen LogP contribution >= 0.6 is 0 Å². The summed E-state index contributed by atoms with van der Waals surface area (Å²) in [6.45, 7) is 0. The Labute approximate surface area is 226 Å². The maximum atomic E-state index is 5.09. The molecule has 0 saturated heterocycles. The number of nitrogens with zero attached hydrogens (tertiary/aromatic N) is 4. The average Bonchev–Trinajstić information content (AvgIpc) is 3.64. The molecule has 179 valence electrons. The van der Waals surface area contributed by atoms with Crippen molar-refractivity contribution in [2.24, 2.45) is 0 Å². The molecule has 0 atom stereocenters. The van der Waals surface area contributed by atoms with Crippen molar-refractivity contribution in [2.45, 2.75) is 0 Å². The number of aromatic nitrogens is 4. The zero-order valence-electron chi connectivity index (χ0n) is 19.5.